The highest BCUT2D eigenvalue weighted by atomic mass is 32.2. The minimum atomic E-state index is -1.06. The van der Waals surface area contributed by atoms with E-state index in [4.69, 9.17) is 12.2 Å². The van der Waals surface area contributed by atoms with E-state index >= 15 is 0 Å². The van der Waals surface area contributed by atoms with E-state index in [1.165, 1.54) is 11.1 Å². The number of anilines is 1. The lowest BCUT2D eigenvalue weighted by Gasteiger charge is -2.19. The van der Waals surface area contributed by atoms with Crippen molar-refractivity contribution in [3.63, 3.8) is 0 Å². The second-order valence-electron chi connectivity index (χ2n) is 7.91. The molecule has 2 rings (SSSR count). The quantitative estimate of drug-likeness (QED) is 0.618. The van der Waals surface area contributed by atoms with E-state index in [9.17, 15) is 4.21 Å². The zero-order valence-corrected chi connectivity index (χ0v) is 18.5. The second-order valence-corrected chi connectivity index (χ2v) is 9.52. The summed E-state index contributed by atoms with van der Waals surface area (Å²) in [7, 11) is -1.06. The van der Waals surface area contributed by atoms with E-state index in [1.807, 2.05) is 24.3 Å². The standard InChI is InChI=1S/C22H30N2OS2/c1-16(18-9-13-20(14-10-18)24-27(5)25)23-21(26)15-8-17-6-11-19(12-7-17)22(2,3)4/h6-7,9-14,16,24H,8,15H2,1-5H3,(H,23,26)/t16-,27-/m1/s1. The van der Waals surface area contributed by atoms with Crippen LogP contribution in [0.3, 0.4) is 0 Å². The van der Waals surface area contributed by atoms with Crippen molar-refractivity contribution in [3.8, 4) is 0 Å². The van der Waals surface area contributed by atoms with Crippen LogP contribution in [0.1, 0.15) is 56.8 Å². The molecule has 0 fully saturated rings. The highest BCUT2D eigenvalue weighted by molar-refractivity contribution is 7.85. The summed E-state index contributed by atoms with van der Waals surface area (Å²) in [4.78, 5) is 0.874. The summed E-state index contributed by atoms with van der Waals surface area (Å²) < 4.78 is 14.1. The van der Waals surface area contributed by atoms with Gasteiger partial charge >= 0.3 is 0 Å². The first-order valence-electron chi connectivity index (χ1n) is 9.24. The van der Waals surface area contributed by atoms with E-state index < -0.39 is 11.0 Å². The molecule has 0 amide bonds. The summed E-state index contributed by atoms with van der Waals surface area (Å²) >= 11 is 5.53. The Labute approximate surface area is 171 Å². The van der Waals surface area contributed by atoms with Gasteiger partial charge in [-0.15, -0.1) is 0 Å². The lowest BCUT2D eigenvalue weighted by molar-refractivity contribution is 0.590. The molecule has 0 aliphatic rings. The van der Waals surface area contributed by atoms with Gasteiger partial charge in [-0.2, -0.15) is 0 Å². The minimum absolute atomic E-state index is 0.141. The van der Waals surface area contributed by atoms with Gasteiger partial charge in [-0.1, -0.05) is 69.4 Å². The summed E-state index contributed by atoms with van der Waals surface area (Å²) in [5.41, 5.74) is 4.85. The molecular formula is C22H30N2OS2. The molecule has 0 saturated heterocycles. The largest absolute Gasteiger partial charge is 0.373 e. The van der Waals surface area contributed by atoms with E-state index in [-0.39, 0.29) is 11.5 Å². The summed E-state index contributed by atoms with van der Waals surface area (Å²) in [6.45, 7) is 8.79. The Kier molecular flexibility index (Phi) is 7.57. The van der Waals surface area contributed by atoms with Gasteiger partial charge < -0.3 is 10.0 Å². The van der Waals surface area contributed by atoms with Crippen LogP contribution < -0.4 is 10.0 Å². The third kappa shape index (κ3) is 7.07. The van der Waals surface area contributed by atoms with Gasteiger partial charge in [0.15, 0.2) is 0 Å². The van der Waals surface area contributed by atoms with Crippen molar-refractivity contribution < 1.29 is 4.21 Å². The summed E-state index contributed by atoms with van der Waals surface area (Å²) in [5.74, 6) is 0. The second kappa shape index (κ2) is 9.47. The number of benzene rings is 2. The number of thiocarbonyl (C=S) groups is 1. The van der Waals surface area contributed by atoms with Crippen LogP contribution in [0, 0.1) is 0 Å². The van der Waals surface area contributed by atoms with Gasteiger partial charge in [0.2, 0.25) is 0 Å². The highest BCUT2D eigenvalue weighted by Crippen LogP contribution is 2.22. The molecule has 2 atom stereocenters. The molecule has 0 unspecified atom stereocenters. The van der Waals surface area contributed by atoms with Gasteiger partial charge in [0, 0.05) is 24.4 Å². The van der Waals surface area contributed by atoms with Gasteiger partial charge in [0.25, 0.3) is 0 Å². The van der Waals surface area contributed by atoms with Crippen molar-refractivity contribution in [3.05, 3.63) is 65.2 Å². The van der Waals surface area contributed by atoms with Crippen molar-refractivity contribution in [2.24, 2.45) is 0 Å². The van der Waals surface area contributed by atoms with Gasteiger partial charge in [-0.05, 0) is 47.6 Å². The Hall–Kier alpha value is -1.72. The van der Waals surface area contributed by atoms with E-state index in [0.717, 1.165) is 29.1 Å². The first kappa shape index (κ1) is 21.6. The maximum absolute atomic E-state index is 11.2. The molecular weight excluding hydrogens is 372 g/mol. The molecule has 2 aromatic rings. The average molecular weight is 403 g/mol. The SMILES string of the molecule is C[C@@H](NC(=S)CCc1ccc(C(C)(C)C)cc1)c1ccc(N[S@@](C)=O)cc1. The minimum Gasteiger partial charge on any atom is -0.373 e. The molecule has 2 aromatic carbocycles. The molecule has 0 aromatic heterocycles. The van der Waals surface area contributed by atoms with Gasteiger partial charge in [-0.25, -0.2) is 4.21 Å². The van der Waals surface area contributed by atoms with E-state index in [2.05, 4.69) is 62.0 Å². The van der Waals surface area contributed by atoms with Crippen LogP contribution in [0.25, 0.3) is 0 Å². The predicted molar refractivity (Wildman–Crippen MR) is 122 cm³/mol. The van der Waals surface area contributed by atoms with Crippen molar-refractivity contribution in [2.75, 3.05) is 11.0 Å². The Morgan fingerprint density at radius 2 is 1.67 bits per heavy atom. The first-order valence-corrected chi connectivity index (χ1v) is 11.2. The number of rotatable bonds is 7. The zero-order valence-electron chi connectivity index (χ0n) is 16.8. The fourth-order valence-electron chi connectivity index (χ4n) is 2.83. The molecule has 0 bridgehead atoms. The van der Waals surface area contributed by atoms with E-state index in [0.29, 0.717) is 0 Å². The number of nitrogens with one attached hydrogen (secondary N) is 2. The molecule has 0 saturated carbocycles. The van der Waals surface area contributed by atoms with Crippen molar-refractivity contribution in [1.29, 1.82) is 0 Å². The monoisotopic (exact) mass is 402 g/mol. The topological polar surface area (TPSA) is 41.1 Å². The van der Waals surface area contributed by atoms with Crippen LogP contribution in [0.2, 0.25) is 0 Å². The third-order valence-electron chi connectivity index (χ3n) is 4.51. The lowest BCUT2D eigenvalue weighted by Crippen LogP contribution is -2.25. The Bertz CT molecular complexity index is 777. The van der Waals surface area contributed by atoms with Crippen LogP contribution in [0.4, 0.5) is 5.69 Å². The van der Waals surface area contributed by atoms with Crippen molar-refractivity contribution in [1.82, 2.24) is 5.32 Å². The number of hydrogen-bond acceptors (Lipinski definition) is 2. The van der Waals surface area contributed by atoms with Crippen molar-refractivity contribution >= 4 is 33.9 Å². The maximum atomic E-state index is 11.2. The summed E-state index contributed by atoms with van der Waals surface area (Å²) in [6, 6.07) is 16.9. The van der Waals surface area contributed by atoms with Crippen LogP contribution in [-0.4, -0.2) is 15.5 Å². The molecule has 0 heterocycles. The predicted octanol–water partition coefficient (Wildman–Crippen LogP) is 5.30. The molecule has 146 valence electrons. The number of hydrogen-bond donors (Lipinski definition) is 2. The molecule has 3 nitrogen and oxygen atoms in total. The summed E-state index contributed by atoms with van der Waals surface area (Å²) in [6.07, 6.45) is 3.39. The fraction of sp³-hybridized carbons (Fsp3) is 0.409. The average Bonchev–Trinajstić information content (AvgIpc) is 2.59. The summed E-state index contributed by atoms with van der Waals surface area (Å²) in [5, 5.41) is 3.41. The zero-order chi connectivity index (χ0) is 20.0. The van der Waals surface area contributed by atoms with Crippen LogP contribution in [0.15, 0.2) is 48.5 Å². The molecule has 0 radical (unpaired) electrons. The Balaban J connectivity index is 1.85. The van der Waals surface area contributed by atoms with Gasteiger partial charge in [0.05, 0.1) is 4.99 Å². The van der Waals surface area contributed by atoms with Gasteiger partial charge in [-0.3, -0.25) is 0 Å². The normalized spacial score (nSPS) is 13.7. The molecule has 0 spiro atoms. The lowest BCUT2D eigenvalue weighted by atomic mass is 9.86. The van der Waals surface area contributed by atoms with E-state index in [1.54, 1.807) is 6.26 Å². The first-order chi connectivity index (χ1) is 12.6. The van der Waals surface area contributed by atoms with Crippen LogP contribution in [-0.2, 0) is 22.8 Å². The Morgan fingerprint density at radius 3 is 2.19 bits per heavy atom. The number of aryl methyl sites for hydroxylation is 1. The molecule has 5 heteroatoms. The van der Waals surface area contributed by atoms with Gasteiger partial charge in [0.1, 0.15) is 11.0 Å². The Morgan fingerprint density at radius 1 is 1.07 bits per heavy atom. The molecule has 0 aliphatic heterocycles. The van der Waals surface area contributed by atoms with Crippen LogP contribution >= 0.6 is 12.2 Å². The van der Waals surface area contributed by atoms with Crippen LogP contribution in [0.5, 0.6) is 0 Å². The fourth-order valence-corrected chi connectivity index (χ4v) is 3.58. The molecule has 0 aliphatic carbocycles. The molecule has 2 N–H and O–H groups in total. The maximum Gasteiger partial charge on any atom is 0.113 e. The van der Waals surface area contributed by atoms with Crippen molar-refractivity contribution in [2.45, 2.75) is 52.0 Å². The molecule has 27 heavy (non-hydrogen) atoms. The third-order valence-corrected chi connectivity index (χ3v) is 5.36. The smallest absolute Gasteiger partial charge is 0.113 e. The highest BCUT2D eigenvalue weighted by Gasteiger charge is 2.13.